The summed E-state index contributed by atoms with van der Waals surface area (Å²) in [7, 11) is -1.43. The van der Waals surface area contributed by atoms with Gasteiger partial charge in [0, 0.05) is 37.1 Å². The highest BCUT2D eigenvalue weighted by molar-refractivity contribution is 7.89. The molecule has 114 valence electrons. The summed E-state index contributed by atoms with van der Waals surface area (Å²) >= 11 is 1.41. The molecule has 0 spiro atoms. The van der Waals surface area contributed by atoms with Gasteiger partial charge in [-0.2, -0.15) is 4.31 Å². The minimum Gasteiger partial charge on any atom is -0.355 e. The molecule has 21 heavy (non-hydrogen) atoms. The van der Waals surface area contributed by atoms with Gasteiger partial charge in [-0.3, -0.25) is 0 Å². The number of rotatable bonds is 3. The fourth-order valence-electron chi connectivity index (χ4n) is 2.35. The van der Waals surface area contributed by atoms with Crippen LogP contribution in [0.4, 0.5) is 0 Å². The molecule has 3 heterocycles. The molecule has 0 aromatic carbocycles. The van der Waals surface area contributed by atoms with Gasteiger partial charge in [0.1, 0.15) is 0 Å². The molecule has 8 heteroatoms. The third-order valence-corrected chi connectivity index (χ3v) is 6.85. The van der Waals surface area contributed by atoms with Gasteiger partial charge in [0.15, 0.2) is 5.76 Å². The Labute approximate surface area is 128 Å². The first-order chi connectivity index (χ1) is 9.98. The van der Waals surface area contributed by atoms with Gasteiger partial charge in [0.05, 0.1) is 16.0 Å². The highest BCUT2D eigenvalue weighted by Crippen LogP contribution is 2.34. The van der Waals surface area contributed by atoms with E-state index < -0.39 is 10.0 Å². The normalized spacial score (nSPS) is 18.2. The van der Waals surface area contributed by atoms with Crippen molar-refractivity contribution in [2.24, 2.45) is 0 Å². The zero-order valence-corrected chi connectivity index (χ0v) is 13.6. The van der Waals surface area contributed by atoms with Gasteiger partial charge in [0.2, 0.25) is 10.0 Å². The quantitative estimate of drug-likeness (QED) is 0.857. The van der Waals surface area contributed by atoms with Crippen LogP contribution >= 0.6 is 11.3 Å². The van der Waals surface area contributed by atoms with Crippen molar-refractivity contribution < 1.29 is 12.9 Å². The van der Waals surface area contributed by atoms with Crippen molar-refractivity contribution in [3.63, 3.8) is 0 Å². The Morgan fingerprint density at radius 3 is 2.62 bits per heavy atom. The Bertz CT molecular complexity index is 714. The van der Waals surface area contributed by atoms with Crippen LogP contribution in [0.5, 0.6) is 0 Å². The molecule has 0 radical (unpaired) electrons. The van der Waals surface area contributed by atoms with E-state index in [4.69, 9.17) is 4.52 Å². The summed E-state index contributed by atoms with van der Waals surface area (Å²) in [5.74, 6) is 0.600. The summed E-state index contributed by atoms with van der Waals surface area (Å²) in [4.78, 5) is 4.08. The van der Waals surface area contributed by atoms with Crippen LogP contribution in [-0.2, 0) is 10.0 Å². The molecule has 1 fully saturated rings. The molecule has 0 aliphatic carbocycles. The number of sulfonamides is 1. The van der Waals surface area contributed by atoms with E-state index in [2.05, 4.69) is 10.1 Å². The Morgan fingerprint density at radius 1 is 1.29 bits per heavy atom. The molecule has 0 N–H and O–H groups in total. The van der Waals surface area contributed by atoms with Gasteiger partial charge < -0.3 is 9.42 Å². The zero-order chi connectivity index (χ0) is 15.0. The van der Waals surface area contributed by atoms with Crippen LogP contribution in [0.2, 0.25) is 0 Å². The summed E-state index contributed by atoms with van der Waals surface area (Å²) in [6.45, 7) is 4.42. The van der Waals surface area contributed by atoms with Crippen molar-refractivity contribution in [3.8, 4) is 10.6 Å². The smallest absolute Gasteiger partial charge is 0.244 e. The van der Waals surface area contributed by atoms with Gasteiger partial charge in [-0.25, -0.2) is 8.42 Å². The lowest BCUT2D eigenvalue weighted by atomic mass is 10.3. The molecule has 6 nitrogen and oxygen atoms in total. The molecule has 0 unspecified atom stereocenters. The number of thiophene rings is 1. The van der Waals surface area contributed by atoms with Gasteiger partial charge in [-0.05, 0) is 20.0 Å². The minimum absolute atomic E-state index is 0.378. The van der Waals surface area contributed by atoms with Crippen LogP contribution in [-0.4, -0.2) is 56.0 Å². The molecule has 0 amide bonds. The van der Waals surface area contributed by atoms with Crippen LogP contribution in [0.25, 0.3) is 10.6 Å². The summed E-state index contributed by atoms with van der Waals surface area (Å²) in [5, 5.41) is 3.66. The summed E-state index contributed by atoms with van der Waals surface area (Å²) < 4.78 is 32.2. The van der Waals surface area contributed by atoms with Crippen molar-refractivity contribution in [3.05, 3.63) is 23.2 Å². The Kier molecular flexibility index (Phi) is 3.87. The molecule has 0 saturated carbocycles. The van der Waals surface area contributed by atoms with E-state index in [0.29, 0.717) is 23.7 Å². The first-order valence-electron chi connectivity index (χ1n) is 6.68. The van der Waals surface area contributed by atoms with Gasteiger partial charge in [0.25, 0.3) is 0 Å². The number of aromatic nitrogens is 1. The number of hydrogen-bond acceptors (Lipinski definition) is 6. The fraction of sp³-hybridized carbons (Fsp3) is 0.462. The molecule has 0 atom stereocenters. The summed E-state index contributed by atoms with van der Waals surface area (Å²) in [5.41, 5.74) is 0. The molecule has 2 aromatic rings. The van der Waals surface area contributed by atoms with Crippen molar-refractivity contribution in [2.75, 3.05) is 33.2 Å². The maximum absolute atomic E-state index is 12.8. The van der Waals surface area contributed by atoms with Crippen molar-refractivity contribution in [1.29, 1.82) is 0 Å². The van der Waals surface area contributed by atoms with Crippen LogP contribution in [0.15, 0.2) is 27.7 Å². The maximum Gasteiger partial charge on any atom is 0.244 e. The van der Waals surface area contributed by atoms with E-state index >= 15 is 0 Å². The third-order valence-electron chi connectivity index (χ3n) is 3.63. The predicted octanol–water partition coefficient (Wildman–Crippen LogP) is 1.65. The number of aryl methyl sites for hydroxylation is 1. The van der Waals surface area contributed by atoms with E-state index in [1.54, 1.807) is 22.6 Å². The van der Waals surface area contributed by atoms with E-state index in [-0.39, 0.29) is 0 Å². The molecule has 2 aromatic heterocycles. The number of piperazine rings is 1. The first kappa shape index (κ1) is 14.7. The largest absolute Gasteiger partial charge is 0.355 e. The average molecular weight is 327 g/mol. The lowest BCUT2D eigenvalue weighted by Gasteiger charge is -2.31. The van der Waals surface area contributed by atoms with Crippen molar-refractivity contribution >= 4 is 21.4 Å². The Hall–Kier alpha value is -1.22. The molecular weight excluding hydrogens is 310 g/mol. The van der Waals surface area contributed by atoms with Crippen LogP contribution < -0.4 is 0 Å². The lowest BCUT2D eigenvalue weighted by Crippen LogP contribution is -2.47. The SMILES string of the molecule is Cc1sc(-c2ccno2)cc1S(=O)(=O)N1CCN(C)CC1. The molecule has 1 saturated heterocycles. The van der Waals surface area contributed by atoms with Gasteiger partial charge in [-0.15, -0.1) is 11.3 Å². The van der Waals surface area contributed by atoms with Crippen LogP contribution in [0, 0.1) is 6.92 Å². The highest BCUT2D eigenvalue weighted by Gasteiger charge is 2.30. The third kappa shape index (κ3) is 2.76. The van der Waals surface area contributed by atoms with Crippen LogP contribution in [0.1, 0.15) is 4.88 Å². The zero-order valence-electron chi connectivity index (χ0n) is 11.9. The second-order valence-electron chi connectivity index (χ2n) is 5.12. The van der Waals surface area contributed by atoms with E-state index in [1.807, 2.05) is 14.0 Å². The molecule has 1 aliphatic heterocycles. The number of hydrogen-bond donors (Lipinski definition) is 0. The van der Waals surface area contributed by atoms with E-state index in [9.17, 15) is 8.42 Å². The van der Waals surface area contributed by atoms with E-state index in [0.717, 1.165) is 22.8 Å². The molecule has 0 bridgehead atoms. The molecular formula is C13H17N3O3S2. The van der Waals surface area contributed by atoms with Gasteiger partial charge in [-0.1, -0.05) is 5.16 Å². The van der Waals surface area contributed by atoms with Crippen molar-refractivity contribution in [1.82, 2.24) is 14.4 Å². The Morgan fingerprint density at radius 2 is 2.00 bits per heavy atom. The summed E-state index contributed by atoms with van der Waals surface area (Å²) in [6, 6.07) is 3.42. The monoisotopic (exact) mass is 327 g/mol. The fourth-order valence-corrected chi connectivity index (χ4v) is 5.29. The topological polar surface area (TPSA) is 66.7 Å². The Balaban J connectivity index is 1.92. The first-order valence-corrected chi connectivity index (χ1v) is 8.94. The maximum atomic E-state index is 12.8. The van der Waals surface area contributed by atoms with Crippen LogP contribution in [0.3, 0.4) is 0 Å². The number of likely N-dealkylation sites (N-methyl/N-ethyl adjacent to an activating group) is 1. The number of nitrogens with zero attached hydrogens (tertiary/aromatic N) is 3. The molecule has 1 aliphatic rings. The average Bonchev–Trinajstić information content (AvgIpc) is 3.08. The highest BCUT2D eigenvalue weighted by atomic mass is 32.2. The lowest BCUT2D eigenvalue weighted by molar-refractivity contribution is 0.222. The van der Waals surface area contributed by atoms with E-state index in [1.165, 1.54) is 11.3 Å². The predicted molar refractivity (Wildman–Crippen MR) is 80.8 cm³/mol. The summed E-state index contributed by atoms with van der Waals surface area (Å²) in [6.07, 6.45) is 1.55. The van der Waals surface area contributed by atoms with Gasteiger partial charge >= 0.3 is 0 Å². The molecule has 3 rings (SSSR count). The second kappa shape index (κ2) is 5.53. The second-order valence-corrected chi connectivity index (χ2v) is 8.28. The van der Waals surface area contributed by atoms with Crippen molar-refractivity contribution in [2.45, 2.75) is 11.8 Å². The standard InChI is InChI=1S/C13H17N3O3S2/c1-10-13(9-12(20-10)11-3-4-14-19-11)21(17,18)16-7-5-15(2)6-8-16/h3-4,9H,5-8H2,1-2H3. The minimum atomic E-state index is -3.43.